The number of allylic oxidation sites excluding steroid dienone is 2. The van der Waals surface area contributed by atoms with E-state index in [1.54, 1.807) is 43.5 Å². The van der Waals surface area contributed by atoms with Gasteiger partial charge in [-0.05, 0) is 38.8 Å². The average molecular weight is 939 g/mol. The average Bonchev–Trinajstić information content (AvgIpc) is 3.93. The Balaban J connectivity index is 1.09. The van der Waals surface area contributed by atoms with E-state index in [1.807, 2.05) is 36.1 Å². The number of hydrogen-bond acceptors (Lipinski definition) is 16. The number of rotatable bonds is 24. The number of amides is 2. The standard InChI is InChI=1S/C50H62N6O12/c1-7-33-19-37-27-51-42-25-46(44(61-4)23-40(42)49(58)55(37)29-33)67-31-35-21-39(66-14-12-54(10-9-48(57)63-6)11-13-64-17-18-65-16-15-60-3)22-36(53-35)32-68-47-26-43-41(24-45(47)62-5)50(59)56-30-34(8-2)20-38(56)28-52-43/h7-8,21-28,37-38H,9-20,29-32H2,1-6H3/t37-,38-/m0/s1. The van der Waals surface area contributed by atoms with E-state index in [9.17, 15) is 14.4 Å². The van der Waals surface area contributed by atoms with Crippen molar-refractivity contribution in [2.75, 3.05) is 101 Å². The normalized spacial score (nSPS) is 18.3. The molecule has 2 fully saturated rings. The van der Waals surface area contributed by atoms with Gasteiger partial charge < -0.3 is 52.4 Å². The summed E-state index contributed by atoms with van der Waals surface area (Å²) in [4.78, 5) is 59.6. The van der Waals surface area contributed by atoms with Gasteiger partial charge in [0.1, 0.15) is 25.6 Å². The van der Waals surface area contributed by atoms with Crippen LogP contribution in [0.15, 0.2) is 69.7 Å². The van der Waals surface area contributed by atoms with E-state index >= 15 is 0 Å². The summed E-state index contributed by atoms with van der Waals surface area (Å²) in [6.07, 6.45) is 9.44. The molecule has 0 N–H and O–H groups in total. The molecule has 18 heteroatoms. The van der Waals surface area contributed by atoms with Crippen LogP contribution in [-0.2, 0) is 37.0 Å². The number of aliphatic imine (C=N–C) groups is 2. The third-order valence-electron chi connectivity index (χ3n) is 12.2. The van der Waals surface area contributed by atoms with Crippen molar-refractivity contribution >= 4 is 41.6 Å². The van der Waals surface area contributed by atoms with Crippen molar-refractivity contribution in [3.05, 3.63) is 82.2 Å². The van der Waals surface area contributed by atoms with E-state index in [2.05, 4.69) is 17.1 Å². The quantitative estimate of drug-likeness (QED) is 0.0585. The number of carbonyl (C=O) groups is 3. The lowest BCUT2D eigenvalue weighted by Gasteiger charge is -2.22. The van der Waals surface area contributed by atoms with Gasteiger partial charge in [0, 0.05) is 76.5 Å². The molecule has 4 aliphatic heterocycles. The predicted molar refractivity (Wildman–Crippen MR) is 254 cm³/mol. The highest BCUT2D eigenvalue weighted by molar-refractivity contribution is 6.04. The molecule has 2 saturated heterocycles. The number of aromatic nitrogens is 1. The van der Waals surface area contributed by atoms with Crippen LogP contribution in [-0.4, -0.2) is 163 Å². The van der Waals surface area contributed by atoms with Gasteiger partial charge in [-0.25, -0.2) is 0 Å². The number of fused-ring (bicyclic) bond motifs is 4. The molecule has 5 heterocycles. The fourth-order valence-electron chi connectivity index (χ4n) is 8.32. The van der Waals surface area contributed by atoms with Crippen molar-refractivity contribution in [2.24, 2.45) is 9.98 Å². The number of esters is 1. The lowest BCUT2D eigenvalue weighted by Crippen LogP contribution is -2.35. The van der Waals surface area contributed by atoms with Crippen molar-refractivity contribution in [3.63, 3.8) is 0 Å². The molecule has 4 aliphatic rings. The van der Waals surface area contributed by atoms with Gasteiger partial charge >= 0.3 is 5.97 Å². The summed E-state index contributed by atoms with van der Waals surface area (Å²) in [5, 5.41) is 0. The molecule has 0 aliphatic carbocycles. The highest BCUT2D eigenvalue weighted by atomic mass is 16.5. The van der Waals surface area contributed by atoms with Gasteiger partial charge in [0.05, 0.1) is 107 Å². The number of hydrogen-bond donors (Lipinski definition) is 0. The molecule has 364 valence electrons. The van der Waals surface area contributed by atoms with Gasteiger partial charge in [0.15, 0.2) is 23.0 Å². The first-order chi connectivity index (χ1) is 33.1. The SMILES string of the molecule is CC=C1C[C@H]2C=Nc3cc(OCc4cc(OCCN(CCOCCOCCOC)CCC(=O)OC)cc(COc5cc6c(cc5OC)C(=O)N5CC(=CC)C[C@H]5C=N6)n4)c(OC)cc3C(=O)N2C1. The highest BCUT2D eigenvalue weighted by Crippen LogP contribution is 2.41. The van der Waals surface area contributed by atoms with E-state index in [4.69, 9.17) is 57.6 Å². The van der Waals surface area contributed by atoms with Crippen LogP contribution in [0.4, 0.5) is 11.4 Å². The van der Waals surface area contributed by atoms with Crippen LogP contribution in [0.3, 0.4) is 0 Å². The zero-order chi connectivity index (χ0) is 48.0. The molecule has 0 unspecified atom stereocenters. The third-order valence-corrected chi connectivity index (χ3v) is 12.2. The zero-order valence-corrected chi connectivity index (χ0v) is 39.8. The van der Waals surface area contributed by atoms with Crippen molar-refractivity contribution in [1.29, 1.82) is 0 Å². The number of ether oxygens (including phenoxy) is 9. The molecule has 7 rings (SSSR count). The maximum absolute atomic E-state index is 13.7. The van der Waals surface area contributed by atoms with Crippen LogP contribution < -0.4 is 23.7 Å². The first-order valence-corrected chi connectivity index (χ1v) is 22.9. The van der Waals surface area contributed by atoms with Crippen molar-refractivity contribution in [3.8, 4) is 28.7 Å². The molecule has 18 nitrogen and oxygen atoms in total. The van der Waals surface area contributed by atoms with Crippen LogP contribution in [0.2, 0.25) is 0 Å². The maximum atomic E-state index is 13.7. The lowest BCUT2D eigenvalue weighted by molar-refractivity contribution is -0.141. The van der Waals surface area contributed by atoms with Crippen LogP contribution >= 0.6 is 0 Å². The Hall–Kier alpha value is -6.34. The molecule has 2 atom stereocenters. The predicted octanol–water partition coefficient (Wildman–Crippen LogP) is 5.93. The van der Waals surface area contributed by atoms with Crippen molar-refractivity contribution in [2.45, 2.75) is 58.4 Å². The molecule has 3 aromatic rings. The first kappa shape index (κ1) is 49.6. The lowest BCUT2D eigenvalue weighted by atomic mass is 10.1. The minimum absolute atomic E-state index is 0.000217. The Bertz CT molecular complexity index is 2270. The number of methoxy groups -OCH3 is 4. The summed E-state index contributed by atoms with van der Waals surface area (Å²) in [5.41, 5.74) is 5.27. The molecule has 0 bridgehead atoms. The molecule has 0 saturated carbocycles. The summed E-state index contributed by atoms with van der Waals surface area (Å²) in [5.74, 6) is 1.48. The number of benzene rings is 2. The number of carbonyl (C=O) groups excluding carboxylic acids is 3. The fourth-order valence-corrected chi connectivity index (χ4v) is 8.32. The minimum atomic E-state index is -0.313. The van der Waals surface area contributed by atoms with Crippen LogP contribution in [0.5, 0.6) is 28.7 Å². The monoisotopic (exact) mass is 938 g/mol. The van der Waals surface area contributed by atoms with E-state index < -0.39 is 0 Å². The number of pyridine rings is 1. The van der Waals surface area contributed by atoms with Gasteiger partial charge in [-0.3, -0.25) is 34.3 Å². The Kier molecular flexibility index (Phi) is 17.6. The van der Waals surface area contributed by atoms with E-state index in [-0.39, 0.29) is 56.1 Å². The maximum Gasteiger partial charge on any atom is 0.306 e. The first-order valence-electron chi connectivity index (χ1n) is 22.9. The summed E-state index contributed by atoms with van der Waals surface area (Å²) >= 11 is 0. The molecule has 0 radical (unpaired) electrons. The second-order valence-corrected chi connectivity index (χ2v) is 16.5. The minimum Gasteiger partial charge on any atom is -0.493 e. The fraction of sp³-hybridized carbons (Fsp3) is 0.480. The summed E-state index contributed by atoms with van der Waals surface area (Å²) in [7, 11) is 6.05. The largest absolute Gasteiger partial charge is 0.493 e. The smallest absolute Gasteiger partial charge is 0.306 e. The molecule has 2 amide bonds. The molecular formula is C50H62N6O12. The topological polar surface area (TPSA) is 182 Å². The van der Waals surface area contributed by atoms with Crippen molar-refractivity contribution < 1.29 is 57.0 Å². The molecule has 1 aromatic heterocycles. The van der Waals surface area contributed by atoms with Gasteiger partial charge in [0.2, 0.25) is 0 Å². The van der Waals surface area contributed by atoms with Crippen LogP contribution in [0.25, 0.3) is 0 Å². The highest BCUT2D eigenvalue weighted by Gasteiger charge is 2.36. The molecular weight excluding hydrogens is 877 g/mol. The second-order valence-electron chi connectivity index (χ2n) is 16.5. The van der Waals surface area contributed by atoms with E-state index in [1.165, 1.54) is 32.5 Å². The van der Waals surface area contributed by atoms with Crippen molar-refractivity contribution in [1.82, 2.24) is 19.7 Å². The van der Waals surface area contributed by atoms with Gasteiger partial charge in [0.25, 0.3) is 11.8 Å². The Morgan fingerprint density at radius 1 is 0.647 bits per heavy atom. The van der Waals surface area contributed by atoms with Gasteiger partial charge in [-0.1, -0.05) is 23.3 Å². The zero-order valence-electron chi connectivity index (χ0n) is 39.8. The van der Waals surface area contributed by atoms with Crippen LogP contribution in [0, 0.1) is 0 Å². The summed E-state index contributed by atoms with van der Waals surface area (Å²) in [6.45, 7) is 9.12. The van der Waals surface area contributed by atoms with Gasteiger partial charge in [-0.2, -0.15) is 0 Å². The van der Waals surface area contributed by atoms with Crippen LogP contribution in [0.1, 0.15) is 65.2 Å². The summed E-state index contributed by atoms with van der Waals surface area (Å²) in [6, 6.07) is 10.1. The molecule has 0 spiro atoms. The summed E-state index contributed by atoms with van der Waals surface area (Å²) < 4.78 is 51.8. The Labute approximate surface area is 397 Å². The third kappa shape index (κ3) is 12.4. The Morgan fingerprint density at radius 3 is 1.66 bits per heavy atom. The van der Waals surface area contributed by atoms with E-state index in [0.29, 0.717) is 128 Å². The molecule has 68 heavy (non-hydrogen) atoms. The van der Waals surface area contributed by atoms with Gasteiger partial charge in [-0.15, -0.1) is 0 Å². The Morgan fingerprint density at radius 2 is 1.16 bits per heavy atom. The molecule has 2 aromatic carbocycles. The number of nitrogens with zero attached hydrogens (tertiary/aromatic N) is 6. The van der Waals surface area contributed by atoms with E-state index in [0.717, 1.165) is 12.8 Å². The second kappa shape index (κ2) is 24.1.